The van der Waals surface area contributed by atoms with Crippen molar-refractivity contribution >= 4 is 34.6 Å². The van der Waals surface area contributed by atoms with Crippen LogP contribution in [-0.2, 0) is 6.42 Å². The predicted molar refractivity (Wildman–Crippen MR) is 102 cm³/mol. The number of halogens is 1. The fourth-order valence-electron chi connectivity index (χ4n) is 2.12. The number of aliphatic imine (C=N–C) groups is 1. The number of hydrogen-bond acceptors (Lipinski definition) is 4. The molecule has 2 aromatic rings. The average Bonchev–Trinajstić information content (AvgIpc) is 3.00. The van der Waals surface area contributed by atoms with Crippen LogP contribution in [0.3, 0.4) is 0 Å². The predicted octanol–water partition coefficient (Wildman–Crippen LogP) is 4.04. The van der Waals surface area contributed by atoms with Crippen LogP contribution in [0.15, 0.2) is 35.3 Å². The standard InChI is InChI=1S/C17H22ClN3O2S/c1-4-19-17(20-10-9-13-6-8-16(18)24-13)21-12-5-7-14(22-2)15(11-12)23-3/h5-8,11H,4,9-10H2,1-3H3,(H2,19,20,21). The summed E-state index contributed by atoms with van der Waals surface area (Å²) in [5.74, 6) is 2.10. The summed E-state index contributed by atoms with van der Waals surface area (Å²) in [6, 6.07) is 9.62. The van der Waals surface area contributed by atoms with Gasteiger partial charge < -0.3 is 20.1 Å². The van der Waals surface area contributed by atoms with E-state index in [1.165, 1.54) is 4.88 Å². The van der Waals surface area contributed by atoms with E-state index in [0.29, 0.717) is 18.0 Å². The van der Waals surface area contributed by atoms with Gasteiger partial charge in [-0.1, -0.05) is 11.6 Å². The molecular formula is C17H22ClN3O2S. The molecule has 24 heavy (non-hydrogen) atoms. The Morgan fingerprint density at radius 2 is 1.96 bits per heavy atom. The number of hydrogen-bond donors (Lipinski definition) is 2. The highest BCUT2D eigenvalue weighted by molar-refractivity contribution is 7.16. The Morgan fingerprint density at radius 1 is 1.17 bits per heavy atom. The molecule has 2 rings (SSSR count). The van der Waals surface area contributed by atoms with Crippen molar-refractivity contribution in [1.82, 2.24) is 5.32 Å². The molecule has 0 spiro atoms. The van der Waals surface area contributed by atoms with Gasteiger partial charge in [0.15, 0.2) is 17.5 Å². The molecule has 7 heteroatoms. The fourth-order valence-corrected chi connectivity index (χ4v) is 3.20. The van der Waals surface area contributed by atoms with Crippen LogP contribution in [0.25, 0.3) is 0 Å². The Bertz CT molecular complexity index is 688. The van der Waals surface area contributed by atoms with Crippen LogP contribution in [0.4, 0.5) is 5.69 Å². The van der Waals surface area contributed by atoms with Crippen molar-refractivity contribution in [3.63, 3.8) is 0 Å². The summed E-state index contributed by atoms with van der Waals surface area (Å²) >= 11 is 7.54. The number of guanidine groups is 1. The third-order valence-electron chi connectivity index (χ3n) is 3.25. The number of methoxy groups -OCH3 is 2. The van der Waals surface area contributed by atoms with Crippen LogP contribution >= 0.6 is 22.9 Å². The highest BCUT2D eigenvalue weighted by Crippen LogP contribution is 2.29. The molecule has 0 radical (unpaired) electrons. The van der Waals surface area contributed by atoms with Gasteiger partial charge in [-0.3, -0.25) is 4.99 Å². The average molecular weight is 368 g/mol. The van der Waals surface area contributed by atoms with E-state index in [2.05, 4.69) is 15.6 Å². The zero-order chi connectivity index (χ0) is 17.4. The third-order valence-corrected chi connectivity index (χ3v) is 4.54. The quantitative estimate of drug-likeness (QED) is 0.573. The van der Waals surface area contributed by atoms with Crippen LogP contribution < -0.4 is 20.1 Å². The van der Waals surface area contributed by atoms with Gasteiger partial charge in [0.2, 0.25) is 0 Å². The van der Waals surface area contributed by atoms with Crippen LogP contribution in [0, 0.1) is 0 Å². The van der Waals surface area contributed by atoms with Gasteiger partial charge >= 0.3 is 0 Å². The highest BCUT2D eigenvalue weighted by atomic mass is 35.5. The molecular weight excluding hydrogens is 346 g/mol. The molecule has 1 aromatic heterocycles. The molecule has 1 aromatic carbocycles. The maximum absolute atomic E-state index is 5.95. The van der Waals surface area contributed by atoms with E-state index < -0.39 is 0 Å². The minimum absolute atomic E-state index is 0.673. The Hall–Kier alpha value is -1.92. The molecule has 5 nitrogen and oxygen atoms in total. The largest absolute Gasteiger partial charge is 0.493 e. The summed E-state index contributed by atoms with van der Waals surface area (Å²) in [5.41, 5.74) is 0.881. The molecule has 0 saturated carbocycles. The minimum Gasteiger partial charge on any atom is -0.493 e. The van der Waals surface area contributed by atoms with Gasteiger partial charge in [-0.2, -0.15) is 0 Å². The molecule has 0 aliphatic heterocycles. The van der Waals surface area contributed by atoms with Gasteiger partial charge in [0.1, 0.15) is 0 Å². The molecule has 0 atom stereocenters. The van der Waals surface area contributed by atoms with Crippen molar-refractivity contribution in [2.24, 2.45) is 4.99 Å². The molecule has 0 unspecified atom stereocenters. The number of rotatable bonds is 7. The summed E-state index contributed by atoms with van der Waals surface area (Å²) in [4.78, 5) is 5.82. The number of benzene rings is 1. The summed E-state index contributed by atoms with van der Waals surface area (Å²) in [6.07, 6.45) is 0.861. The number of thiophene rings is 1. The van der Waals surface area contributed by atoms with Crippen LogP contribution in [0.2, 0.25) is 4.34 Å². The zero-order valence-electron chi connectivity index (χ0n) is 14.1. The number of nitrogens with zero attached hydrogens (tertiary/aromatic N) is 1. The number of ether oxygens (including phenoxy) is 2. The van der Waals surface area contributed by atoms with Gasteiger partial charge in [-0.25, -0.2) is 0 Å². The highest BCUT2D eigenvalue weighted by Gasteiger charge is 2.06. The SMILES string of the molecule is CCNC(=NCCc1ccc(Cl)s1)Nc1ccc(OC)c(OC)c1. The molecule has 0 bridgehead atoms. The Labute approximate surface area is 151 Å². The second-order valence-corrected chi connectivity index (χ2v) is 6.71. The lowest BCUT2D eigenvalue weighted by atomic mass is 10.2. The van der Waals surface area contributed by atoms with E-state index in [9.17, 15) is 0 Å². The molecule has 0 amide bonds. The normalized spacial score (nSPS) is 11.2. The molecule has 1 heterocycles. The van der Waals surface area contributed by atoms with Gasteiger partial charge in [0, 0.05) is 36.1 Å². The van der Waals surface area contributed by atoms with Gasteiger partial charge in [0.25, 0.3) is 0 Å². The van der Waals surface area contributed by atoms with Crippen molar-refractivity contribution in [3.8, 4) is 11.5 Å². The Morgan fingerprint density at radius 3 is 2.58 bits per heavy atom. The molecule has 0 aliphatic rings. The monoisotopic (exact) mass is 367 g/mol. The lowest BCUT2D eigenvalue weighted by molar-refractivity contribution is 0.355. The van der Waals surface area contributed by atoms with E-state index in [1.54, 1.807) is 25.6 Å². The first-order valence-corrected chi connectivity index (χ1v) is 8.87. The first-order valence-electron chi connectivity index (χ1n) is 7.67. The molecule has 0 aliphatic carbocycles. The molecule has 0 fully saturated rings. The number of nitrogens with one attached hydrogen (secondary N) is 2. The maximum atomic E-state index is 5.95. The topological polar surface area (TPSA) is 54.9 Å². The second kappa shape index (κ2) is 9.39. The van der Waals surface area contributed by atoms with Crippen LogP contribution in [-0.4, -0.2) is 33.3 Å². The van der Waals surface area contributed by atoms with Crippen molar-refractivity contribution in [1.29, 1.82) is 0 Å². The third kappa shape index (κ3) is 5.32. The summed E-state index contributed by atoms with van der Waals surface area (Å²) in [5, 5.41) is 6.51. The van der Waals surface area contributed by atoms with E-state index in [4.69, 9.17) is 21.1 Å². The number of anilines is 1. The Kier molecular flexibility index (Phi) is 7.21. The Balaban J connectivity index is 2.03. The summed E-state index contributed by atoms with van der Waals surface area (Å²) in [7, 11) is 3.24. The first kappa shape index (κ1) is 18.4. The molecule has 130 valence electrons. The lowest BCUT2D eigenvalue weighted by Crippen LogP contribution is -2.30. The lowest BCUT2D eigenvalue weighted by Gasteiger charge is -2.13. The van der Waals surface area contributed by atoms with Crippen molar-refractivity contribution < 1.29 is 9.47 Å². The molecule has 2 N–H and O–H groups in total. The van der Waals surface area contributed by atoms with E-state index in [0.717, 1.165) is 28.9 Å². The van der Waals surface area contributed by atoms with E-state index in [-0.39, 0.29) is 0 Å². The summed E-state index contributed by atoms with van der Waals surface area (Å²) in [6.45, 7) is 3.49. The smallest absolute Gasteiger partial charge is 0.195 e. The minimum atomic E-state index is 0.673. The second-order valence-electron chi connectivity index (χ2n) is 4.91. The zero-order valence-corrected chi connectivity index (χ0v) is 15.6. The first-order chi connectivity index (χ1) is 11.7. The summed E-state index contributed by atoms with van der Waals surface area (Å²) < 4.78 is 11.4. The van der Waals surface area contributed by atoms with Crippen LogP contribution in [0.1, 0.15) is 11.8 Å². The van der Waals surface area contributed by atoms with E-state index >= 15 is 0 Å². The molecule has 0 saturated heterocycles. The fraction of sp³-hybridized carbons (Fsp3) is 0.353. The van der Waals surface area contributed by atoms with Crippen molar-refractivity contribution in [2.75, 3.05) is 32.6 Å². The van der Waals surface area contributed by atoms with Gasteiger partial charge in [0.05, 0.1) is 18.6 Å². The van der Waals surface area contributed by atoms with Gasteiger partial charge in [-0.05, 0) is 31.2 Å². The van der Waals surface area contributed by atoms with E-state index in [1.807, 2.05) is 37.3 Å². The van der Waals surface area contributed by atoms with Crippen molar-refractivity contribution in [3.05, 3.63) is 39.5 Å². The van der Waals surface area contributed by atoms with Crippen molar-refractivity contribution in [2.45, 2.75) is 13.3 Å². The van der Waals surface area contributed by atoms with Gasteiger partial charge in [-0.15, -0.1) is 11.3 Å². The van der Waals surface area contributed by atoms with Crippen LogP contribution in [0.5, 0.6) is 11.5 Å². The maximum Gasteiger partial charge on any atom is 0.195 e.